The van der Waals surface area contributed by atoms with Crippen LogP contribution in [0.25, 0.3) is 0 Å². The largest absolute Gasteiger partial charge is 0.335 e. The molecule has 1 aromatic heterocycles. The number of carbonyl (C=O) groups excluding carboxylic acids is 1. The van der Waals surface area contributed by atoms with Crippen LogP contribution in [0.3, 0.4) is 0 Å². The molecule has 1 aromatic carbocycles. The van der Waals surface area contributed by atoms with Gasteiger partial charge in [0.1, 0.15) is 6.04 Å². The summed E-state index contributed by atoms with van der Waals surface area (Å²) >= 11 is 0. The second-order valence-electron chi connectivity index (χ2n) is 6.80. The summed E-state index contributed by atoms with van der Waals surface area (Å²) in [7, 11) is 0. The van der Waals surface area contributed by atoms with Crippen molar-refractivity contribution in [3.8, 4) is 6.07 Å². The first-order valence-electron chi connectivity index (χ1n) is 8.74. The van der Waals surface area contributed by atoms with Crippen molar-refractivity contribution in [2.45, 2.75) is 31.5 Å². The van der Waals surface area contributed by atoms with Gasteiger partial charge in [-0.25, -0.2) is 4.98 Å². The maximum Gasteiger partial charge on any atom is 0.253 e. The lowest BCUT2D eigenvalue weighted by Gasteiger charge is -2.38. The highest BCUT2D eigenvalue weighted by Gasteiger charge is 2.38. The van der Waals surface area contributed by atoms with Crippen LogP contribution in [0.2, 0.25) is 0 Å². The third-order valence-electron chi connectivity index (χ3n) is 5.00. The average molecular weight is 335 g/mol. The molecular weight excluding hydrogens is 314 g/mol. The van der Waals surface area contributed by atoms with Crippen molar-refractivity contribution in [3.05, 3.63) is 54.1 Å². The number of amides is 1. The summed E-state index contributed by atoms with van der Waals surface area (Å²) < 4.78 is 1.99. The van der Waals surface area contributed by atoms with E-state index in [1.807, 2.05) is 39.9 Å². The Bertz CT molecular complexity index is 773. The number of hydrogen-bond donors (Lipinski definition) is 0. The molecule has 6 nitrogen and oxygen atoms in total. The normalized spacial score (nSPS) is 21.1. The fraction of sp³-hybridized carbons (Fsp3) is 0.421. The zero-order chi connectivity index (χ0) is 17.2. The lowest BCUT2D eigenvalue weighted by atomic mass is 10.1. The Morgan fingerprint density at radius 2 is 2.04 bits per heavy atom. The van der Waals surface area contributed by atoms with Crippen LogP contribution in [0.1, 0.15) is 28.8 Å². The van der Waals surface area contributed by atoms with E-state index in [-0.39, 0.29) is 11.9 Å². The van der Waals surface area contributed by atoms with Gasteiger partial charge in [-0.15, -0.1) is 0 Å². The number of rotatable bonds is 4. The number of hydrogen-bond acceptors (Lipinski definition) is 4. The van der Waals surface area contributed by atoms with Gasteiger partial charge in [-0.05, 0) is 30.5 Å². The zero-order valence-corrected chi connectivity index (χ0v) is 14.1. The summed E-state index contributed by atoms with van der Waals surface area (Å²) in [6.45, 7) is 2.74. The zero-order valence-electron chi connectivity index (χ0n) is 14.1. The van der Waals surface area contributed by atoms with E-state index >= 15 is 0 Å². The van der Waals surface area contributed by atoms with Crippen LogP contribution in [0.5, 0.6) is 0 Å². The molecule has 0 N–H and O–H groups in total. The number of benzene rings is 1. The number of aromatic nitrogens is 2. The van der Waals surface area contributed by atoms with Gasteiger partial charge in [-0.1, -0.05) is 12.1 Å². The van der Waals surface area contributed by atoms with Crippen LogP contribution in [-0.4, -0.2) is 57.0 Å². The van der Waals surface area contributed by atoms with Crippen LogP contribution in [0.15, 0.2) is 43.0 Å². The topological polar surface area (TPSA) is 65.2 Å². The van der Waals surface area contributed by atoms with Crippen LogP contribution < -0.4 is 0 Å². The Hall–Kier alpha value is -2.65. The minimum absolute atomic E-state index is 0.0184. The van der Waals surface area contributed by atoms with E-state index < -0.39 is 0 Å². The molecule has 0 radical (unpaired) electrons. The summed E-state index contributed by atoms with van der Waals surface area (Å²) in [6.07, 6.45) is 7.82. The molecule has 1 unspecified atom stereocenters. The van der Waals surface area contributed by atoms with E-state index in [0.717, 1.165) is 18.7 Å². The fourth-order valence-electron chi connectivity index (χ4n) is 3.47. The minimum Gasteiger partial charge on any atom is -0.335 e. The highest BCUT2D eigenvalue weighted by atomic mass is 16.2. The van der Waals surface area contributed by atoms with E-state index in [0.29, 0.717) is 24.7 Å². The van der Waals surface area contributed by atoms with Gasteiger partial charge in [-0.2, -0.15) is 5.26 Å². The van der Waals surface area contributed by atoms with Crippen LogP contribution >= 0.6 is 0 Å². The molecule has 2 aliphatic rings. The smallest absolute Gasteiger partial charge is 0.253 e. The van der Waals surface area contributed by atoms with Crippen molar-refractivity contribution >= 4 is 5.91 Å². The lowest BCUT2D eigenvalue weighted by molar-refractivity contribution is 0.0550. The number of piperazine rings is 1. The second kappa shape index (κ2) is 6.69. The first-order valence-corrected chi connectivity index (χ1v) is 8.74. The van der Waals surface area contributed by atoms with E-state index in [2.05, 4.69) is 16.0 Å². The molecule has 1 saturated heterocycles. The van der Waals surface area contributed by atoms with Gasteiger partial charge in [-0.3, -0.25) is 9.69 Å². The van der Waals surface area contributed by atoms with E-state index in [4.69, 9.17) is 0 Å². The maximum atomic E-state index is 12.8. The lowest BCUT2D eigenvalue weighted by Crippen LogP contribution is -2.54. The summed E-state index contributed by atoms with van der Waals surface area (Å²) in [6, 6.07) is 10.5. The van der Waals surface area contributed by atoms with Crippen molar-refractivity contribution in [2.75, 3.05) is 19.6 Å². The number of nitriles is 1. The average Bonchev–Trinajstić information content (AvgIpc) is 3.38. The number of carbonyl (C=O) groups is 1. The Labute approximate surface area is 147 Å². The van der Waals surface area contributed by atoms with Crippen molar-refractivity contribution < 1.29 is 4.79 Å². The molecule has 0 bridgehead atoms. The number of imidazole rings is 1. The molecule has 6 heteroatoms. The SMILES string of the molecule is N#CC1CN(C(=O)c2ccc(Cn3ccnc3)cc2)CCN1C1CC1. The summed E-state index contributed by atoms with van der Waals surface area (Å²) in [5.41, 5.74) is 1.81. The van der Waals surface area contributed by atoms with Gasteiger partial charge >= 0.3 is 0 Å². The third-order valence-corrected chi connectivity index (χ3v) is 5.00. The second-order valence-corrected chi connectivity index (χ2v) is 6.80. The molecule has 1 atom stereocenters. The quantitative estimate of drug-likeness (QED) is 0.854. The first kappa shape index (κ1) is 15.9. The Balaban J connectivity index is 1.41. The van der Waals surface area contributed by atoms with Crippen LogP contribution in [-0.2, 0) is 6.54 Å². The predicted molar refractivity (Wildman–Crippen MR) is 92.8 cm³/mol. The Kier molecular flexibility index (Phi) is 4.24. The maximum absolute atomic E-state index is 12.8. The fourth-order valence-corrected chi connectivity index (χ4v) is 3.47. The minimum atomic E-state index is -0.175. The monoisotopic (exact) mass is 335 g/mol. The molecule has 2 fully saturated rings. The van der Waals surface area contributed by atoms with Crippen molar-refractivity contribution in [1.29, 1.82) is 5.26 Å². The summed E-state index contributed by atoms with van der Waals surface area (Å²) in [5, 5.41) is 9.43. The van der Waals surface area contributed by atoms with Gasteiger partial charge in [0.25, 0.3) is 5.91 Å². The molecule has 1 aliphatic heterocycles. The molecule has 1 aliphatic carbocycles. The molecular formula is C19H21N5O. The third kappa shape index (κ3) is 3.42. The van der Waals surface area contributed by atoms with Crippen LogP contribution in [0.4, 0.5) is 0 Å². The molecule has 0 spiro atoms. The van der Waals surface area contributed by atoms with Crippen molar-refractivity contribution in [2.24, 2.45) is 0 Å². The van der Waals surface area contributed by atoms with E-state index in [9.17, 15) is 10.1 Å². The molecule has 25 heavy (non-hydrogen) atoms. The van der Waals surface area contributed by atoms with Gasteiger partial charge in [0.2, 0.25) is 0 Å². The number of nitrogens with zero attached hydrogens (tertiary/aromatic N) is 5. The molecule has 4 rings (SSSR count). The van der Waals surface area contributed by atoms with Gasteiger partial charge < -0.3 is 9.47 Å². The Morgan fingerprint density at radius 3 is 2.68 bits per heavy atom. The summed E-state index contributed by atoms with van der Waals surface area (Å²) in [5.74, 6) is 0.0184. The standard InChI is InChI=1S/C19H21N5O/c20-11-18-13-23(9-10-24(18)17-5-6-17)19(25)16-3-1-15(2-4-16)12-22-8-7-21-14-22/h1-4,7-8,14,17-18H,5-6,9-10,12-13H2. The molecule has 2 heterocycles. The molecule has 1 amide bonds. The van der Waals surface area contributed by atoms with Gasteiger partial charge in [0.05, 0.1) is 12.4 Å². The molecule has 2 aromatic rings. The summed E-state index contributed by atoms with van der Waals surface area (Å²) in [4.78, 5) is 20.9. The van der Waals surface area contributed by atoms with Crippen molar-refractivity contribution in [3.63, 3.8) is 0 Å². The molecule has 128 valence electrons. The Morgan fingerprint density at radius 1 is 1.24 bits per heavy atom. The van der Waals surface area contributed by atoms with E-state index in [1.54, 1.807) is 12.5 Å². The van der Waals surface area contributed by atoms with Crippen molar-refractivity contribution in [1.82, 2.24) is 19.4 Å². The highest BCUT2D eigenvalue weighted by Crippen LogP contribution is 2.30. The highest BCUT2D eigenvalue weighted by molar-refractivity contribution is 5.94. The van der Waals surface area contributed by atoms with E-state index in [1.165, 1.54) is 12.8 Å². The first-order chi connectivity index (χ1) is 12.2. The predicted octanol–water partition coefficient (Wildman–Crippen LogP) is 1.74. The van der Waals surface area contributed by atoms with Gasteiger partial charge in [0, 0.05) is 50.2 Å². The molecule has 1 saturated carbocycles. The van der Waals surface area contributed by atoms with Gasteiger partial charge in [0.15, 0.2) is 0 Å². The van der Waals surface area contributed by atoms with Crippen LogP contribution in [0, 0.1) is 11.3 Å².